The minimum atomic E-state index is -0.0156. The molecular formula is C21H29N3O. The summed E-state index contributed by atoms with van der Waals surface area (Å²) in [6.07, 6.45) is 1.23. The number of hydrogen-bond donors (Lipinski definition) is 1. The van der Waals surface area contributed by atoms with Gasteiger partial charge in [-0.3, -0.25) is 4.90 Å². The van der Waals surface area contributed by atoms with Crippen LogP contribution in [0.4, 0.5) is 0 Å². The maximum atomic E-state index is 6.21. The summed E-state index contributed by atoms with van der Waals surface area (Å²) >= 11 is 0. The molecule has 1 aliphatic rings. The summed E-state index contributed by atoms with van der Waals surface area (Å²) in [4.78, 5) is 7.17. The molecule has 4 nitrogen and oxygen atoms in total. The van der Waals surface area contributed by atoms with Gasteiger partial charge in [-0.1, -0.05) is 51.1 Å². The van der Waals surface area contributed by atoms with E-state index >= 15 is 0 Å². The standard InChI is InChI=1S/C21H29N3O/c1-21(2,3)19-11-17(13-22)12-20(23-19)25-18-9-10-24(15-18)14-16-7-5-4-6-8-16/h4-8,11-12,18H,9-10,13-15,22H2,1-3H3. The molecule has 0 bridgehead atoms. The van der Waals surface area contributed by atoms with Crippen molar-refractivity contribution in [2.24, 2.45) is 5.73 Å². The van der Waals surface area contributed by atoms with E-state index in [-0.39, 0.29) is 11.5 Å². The van der Waals surface area contributed by atoms with Crippen LogP contribution in [0.25, 0.3) is 0 Å². The molecule has 1 aliphatic heterocycles. The van der Waals surface area contributed by atoms with Crippen LogP contribution in [0.2, 0.25) is 0 Å². The molecule has 1 saturated heterocycles. The molecule has 1 unspecified atom stereocenters. The average Bonchev–Trinajstić information content (AvgIpc) is 3.01. The summed E-state index contributed by atoms with van der Waals surface area (Å²) in [6, 6.07) is 14.7. The summed E-state index contributed by atoms with van der Waals surface area (Å²) in [5.74, 6) is 0.708. The van der Waals surface area contributed by atoms with E-state index in [0.29, 0.717) is 12.4 Å². The molecule has 1 aromatic heterocycles. The Labute approximate surface area is 151 Å². The summed E-state index contributed by atoms with van der Waals surface area (Å²) in [7, 11) is 0. The normalized spacial score (nSPS) is 18.5. The third kappa shape index (κ3) is 4.80. The van der Waals surface area contributed by atoms with Gasteiger partial charge < -0.3 is 10.5 Å². The molecule has 0 saturated carbocycles. The van der Waals surface area contributed by atoms with E-state index in [1.165, 1.54) is 5.56 Å². The maximum Gasteiger partial charge on any atom is 0.214 e. The molecule has 0 spiro atoms. The molecule has 1 fully saturated rings. The molecule has 4 heteroatoms. The lowest BCUT2D eigenvalue weighted by atomic mass is 9.91. The predicted molar refractivity (Wildman–Crippen MR) is 102 cm³/mol. The van der Waals surface area contributed by atoms with Crippen LogP contribution in [0.1, 0.15) is 44.0 Å². The minimum Gasteiger partial charge on any atom is -0.473 e. The Morgan fingerprint density at radius 2 is 1.92 bits per heavy atom. The van der Waals surface area contributed by atoms with Crippen LogP contribution >= 0.6 is 0 Å². The van der Waals surface area contributed by atoms with Gasteiger partial charge in [-0.05, 0) is 23.6 Å². The Morgan fingerprint density at radius 3 is 2.60 bits per heavy atom. The van der Waals surface area contributed by atoms with E-state index < -0.39 is 0 Å². The molecule has 2 N–H and O–H groups in total. The first kappa shape index (κ1) is 17.9. The fourth-order valence-corrected chi connectivity index (χ4v) is 3.17. The third-order valence-electron chi connectivity index (χ3n) is 4.63. The zero-order valence-electron chi connectivity index (χ0n) is 15.5. The zero-order chi connectivity index (χ0) is 17.9. The van der Waals surface area contributed by atoms with Crippen LogP contribution in [0, 0.1) is 0 Å². The van der Waals surface area contributed by atoms with Gasteiger partial charge in [0.05, 0.1) is 5.69 Å². The summed E-state index contributed by atoms with van der Waals surface area (Å²) in [5.41, 5.74) is 9.30. The number of aromatic nitrogens is 1. The number of hydrogen-bond acceptors (Lipinski definition) is 4. The van der Waals surface area contributed by atoms with Crippen LogP contribution in [0.3, 0.4) is 0 Å². The fraction of sp³-hybridized carbons (Fsp3) is 0.476. The van der Waals surface area contributed by atoms with Crippen molar-refractivity contribution in [1.82, 2.24) is 9.88 Å². The number of pyridine rings is 1. The highest BCUT2D eigenvalue weighted by Gasteiger charge is 2.25. The first-order valence-corrected chi connectivity index (χ1v) is 9.08. The molecule has 25 heavy (non-hydrogen) atoms. The molecule has 2 heterocycles. The summed E-state index contributed by atoms with van der Waals surface area (Å²) in [6.45, 7) is 9.97. The molecule has 134 valence electrons. The van der Waals surface area contributed by atoms with Gasteiger partial charge in [0.25, 0.3) is 0 Å². The lowest BCUT2D eigenvalue weighted by molar-refractivity contribution is 0.190. The van der Waals surface area contributed by atoms with Gasteiger partial charge in [-0.25, -0.2) is 4.98 Å². The van der Waals surface area contributed by atoms with Gasteiger partial charge in [-0.15, -0.1) is 0 Å². The Morgan fingerprint density at radius 1 is 1.16 bits per heavy atom. The van der Waals surface area contributed by atoms with Crippen LogP contribution in [0.15, 0.2) is 42.5 Å². The lowest BCUT2D eigenvalue weighted by Crippen LogP contribution is -2.25. The molecule has 1 atom stereocenters. The number of benzene rings is 1. The van der Waals surface area contributed by atoms with Crippen LogP contribution in [-0.4, -0.2) is 29.1 Å². The number of nitrogens with two attached hydrogens (primary N) is 1. The fourth-order valence-electron chi connectivity index (χ4n) is 3.17. The van der Waals surface area contributed by atoms with Crippen molar-refractivity contribution in [2.45, 2.75) is 51.8 Å². The van der Waals surface area contributed by atoms with Crippen molar-refractivity contribution in [3.05, 3.63) is 59.3 Å². The van der Waals surface area contributed by atoms with Gasteiger partial charge in [-0.2, -0.15) is 0 Å². The van der Waals surface area contributed by atoms with Crippen molar-refractivity contribution >= 4 is 0 Å². The highest BCUT2D eigenvalue weighted by Crippen LogP contribution is 2.26. The Bertz CT molecular complexity index is 694. The molecule has 0 amide bonds. The van der Waals surface area contributed by atoms with E-state index in [4.69, 9.17) is 15.5 Å². The van der Waals surface area contributed by atoms with Crippen molar-refractivity contribution in [3.63, 3.8) is 0 Å². The SMILES string of the molecule is CC(C)(C)c1cc(CN)cc(OC2CCN(Cc3ccccc3)C2)n1. The monoisotopic (exact) mass is 339 g/mol. The molecule has 1 aromatic carbocycles. The first-order valence-electron chi connectivity index (χ1n) is 9.08. The van der Waals surface area contributed by atoms with Gasteiger partial charge in [0.1, 0.15) is 6.10 Å². The van der Waals surface area contributed by atoms with Gasteiger partial charge in [0.2, 0.25) is 5.88 Å². The maximum absolute atomic E-state index is 6.21. The topological polar surface area (TPSA) is 51.4 Å². The van der Waals surface area contributed by atoms with Crippen LogP contribution in [-0.2, 0) is 18.5 Å². The van der Waals surface area contributed by atoms with Crippen LogP contribution < -0.4 is 10.5 Å². The quantitative estimate of drug-likeness (QED) is 0.906. The lowest BCUT2D eigenvalue weighted by Gasteiger charge is -2.21. The Hall–Kier alpha value is -1.91. The van der Waals surface area contributed by atoms with Gasteiger partial charge in [0, 0.05) is 37.7 Å². The van der Waals surface area contributed by atoms with E-state index in [9.17, 15) is 0 Å². The average molecular weight is 339 g/mol. The largest absolute Gasteiger partial charge is 0.473 e. The van der Waals surface area contributed by atoms with E-state index in [2.05, 4.69) is 62.1 Å². The number of likely N-dealkylation sites (tertiary alicyclic amines) is 1. The molecule has 2 aromatic rings. The third-order valence-corrected chi connectivity index (χ3v) is 4.63. The van der Waals surface area contributed by atoms with Crippen LogP contribution in [0.5, 0.6) is 5.88 Å². The second-order valence-electron chi connectivity index (χ2n) is 7.90. The minimum absolute atomic E-state index is 0.0156. The second-order valence-corrected chi connectivity index (χ2v) is 7.90. The van der Waals surface area contributed by atoms with Crippen molar-refractivity contribution < 1.29 is 4.74 Å². The molecular weight excluding hydrogens is 310 g/mol. The first-order chi connectivity index (χ1) is 11.9. The van der Waals surface area contributed by atoms with Gasteiger partial charge in [0.15, 0.2) is 0 Å². The van der Waals surface area contributed by atoms with E-state index in [1.807, 2.05) is 6.07 Å². The van der Waals surface area contributed by atoms with Crippen molar-refractivity contribution in [1.29, 1.82) is 0 Å². The van der Waals surface area contributed by atoms with Gasteiger partial charge >= 0.3 is 0 Å². The van der Waals surface area contributed by atoms with Crippen molar-refractivity contribution in [2.75, 3.05) is 13.1 Å². The Balaban J connectivity index is 1.65. The Kier molecular flexibility index (Phi) is 5.40. The number of rotatable bonds is 5. The molecule has 3 rings (SSSR count). The number of ether oxygens (including phenoxy) is 1. The highest BCUT2D eigenvalue weighted by atomic mass is 16.5. The predicted octanol–water partition coefficient (Wildman–Crippen LogP) is 3.49. The summed E-state index contributed by atoms with van der Waals surface area (Å²) < 4.78 is 6.21. The van der Waals surface area contributed by atoms with Crippen molar-refractivity contribution in [3.8, 4) is 5.88 Å². The smallest absolute Gasteiger partial charge is 0.214 e. The number of nitrogens with zero attached hydrogens (tertiary/aromatic N) is 2. The molecule has 0 radical (unpaired) electrons. The second kappa shape index (κ2) is 7.54. The highest BCUT2D eigenvalue weighted by molar-refractivity contribution is 5.28. The zero-order valence-corrected chi connectivity index (χ0v) is 15.5. The van der Waals surface area contributed by atoms with E-state index in [1.54, 1.807) is 0 Å². The van der Waals surface area contributed by atoms with E-state index in [0.717, 1.165) is 37.3 Å². The molecule has 0 aliphatic carbocycles. The summed E-state index contributed by atoms with van der Waals surface area (Å²) in [5, 5.41) is 0.